The highest BCUT2D eigenvalue weighted by molar-refractivity contribution is 7.18. The van der Waals surface area contributed by atoms with E-state index in [2.05, 4.69) is 10.3 Å². The molecule has 5 nitrogen and oxygen atoms in total. The van der Waals surface area contributed by atoms with E-state index in [4.69, 9.17) is 5.73 Å². The molecule has 0 unspecified atom stereocenters. The van der Waals surface area contributed by atoms with Crippen LogP contribution in [0.2, 0.25) is 0 Å². The second-order valence-corrected chi connectivity index (χ2v) is 5.69. The van der Waals surface area contributed by atoms with Crippen LogP contribution in [0.4, 0.5) is 10.9 Å². The minimum Gasteiger partial charge on any atom is -0.382 e. The fourth-order valence-electron chi connectivity index (χ4n) is 1.83. The zero-order chi connectivity index (χ0) is 15.2. The Morgan fingerprint density at radius 3 is 2.76 bits per heavy atom. The predicted octanol–water partition coefficient (Wildman–Crippen LogP) is 2.15. The fraction of sp³-hybridized carbons (Fsp3) is 0.333. The second kappa shape index (κ2) is 7.08. The molecular formula is C15H20N4OS. The number of nitrogen functional groups attached to an aromatic ring is 1. The summed E-state index contributed by atoms with van der Waals surface area (Å²) in [6, 6.07) is 10.0. The third kappa shape index (κ3) is 3.95. The molecule has 1 heterocycles. The van der Waals surface area contributed by atoms with Gasteiger partial charge in [0.15, 0.2) is 5.13 Å². The number of carbonyl (C=O) groups is 1. The number of rotatable bonds is 6. The molecule has 6 heteroatoms. The van der Waals surface area contributed by atoms with Crippen molar-refractivity contribution >= 4 is 28.2 Å². The molecule has 2 rings (SSSR count). The Labute approximate surface area is 128 Å². The lowest BCUT2D eigenvalue weighted by Crippen LogP contribution is -2.25. The van der Waals surface area contributed by atoms with E-state index in [0.29, 0.717) is 17.2 Å². The maximum atomic E-state index is 12.1. The van der Waals surface area contributed by atoms with Crippen molar-refractivity contribution in [3.63, 3.8) is 0 Å². The van der Waals surface area contributed by atoms with Gasteiger partial charge in [-0.25, -0.2) is 4.98 Å². The van der Waals surface area contributed by atoms with Gasteiger partial charge in [0.2, 0.25) is 0 Å². The average Bonchev–Trinajstić information content (AvgIpc) is 2.89. The van der Waals surface area contributed by atoms with Gasteiger partial charge in [0, 0.05) is 20.1 Å². The van der Waals surface area contributed by atoms with Crippen LogP contribution in [0.1, 0.15) is 22.2 Å². The number of benzene rings is 1. The Morgan fingerprint density at radius 2 is 2.10 bits per heavy atom. The molecule has 3 N–H and O–H groups in total. The van der Waals surface area contributed by atoms with Crippen molar-refractivity contribution in [2.45, 2.75) is 13.3 Å². The number of anilines is 2. The first-order valence-corrected chi connectivity index (χ1v) is 7.73. The highest BCUT2D eigenvalue weighted by atomic mass is 32.1. The Kier molecular flexibility index (Phi) is 5.16. The summed E-state index contributed by atoms with van der Waals surface area (Å²) in [5.74, 6) is 0.143. The second-order valence-electron chi connectivity index (χ2n) is 4.72. The molecule has 0 aliphatic heterocycles. The number of nitrogens with two attached hydrogens (primary N) is 1. The van der Waals surface area contributed by atoms with E-state index < -0.39 is 0 Å². The van der Waals surface area contributed by atoms with Crippen molar-refractivity contribution in [2.24, 2.45) is 0 Å². The van der Waals surface area contributed by atoms with E-state index >= 15 is 0 Å². The third-order valence-corrected chi connectivity index (χ3v) is 4.38. The number of thiazole rings is 1. The van der Waals surface area contributed by atoms with E-state index in [1.165, 1.54) is 16.9 Å². The topological polar surface area (TPSA) is 71.2 Å². The first-order chi connectivity index (χ1) is 10.1. The van der Waals surface area contributed by atoms with E-state index in [0.717, 1.165) is 18.1 Å². The quantitative estimate of drug-likeness (QED) is 0.858. The molecule has 112 valence electrons. The van der Waals surface area contributed by atoms with Crippen LogP contribution in [-0.2, 0) is 6.42 Å². The van der Waals surface area contributed by atoms with Gasteiger partial charge in [-0.15, -0.1) is 0 Å². The molecule has 21 heavy (non-hydrogen) atoms. The van der Waals surface area contributed by atoms with Gasteiger partial charge in [-0.2, -0.15) is 0 Å². The summed E-state index contributed by atoms with van der Waals surface area (Å²) in [5.41, 5.74) is 7.03. The van der Waals surface area contributed by atoms with Crippen LogP contribution in [-0.4, -0.2) is 31.0 Å². The van der Waals surface area contributed by atoms with Crippen LogP contribution in [0.5, 0.6) is 0 Å². The summed E-state index contributed by atoms with van der Waals surface area (Å²) in [7, 11) is 1.93. The molecule has 0 fully saturated rings. The zero-order valence-corrected chi connectivity index (χ0v) is 13.1. The highest BCUT2D eigenvalue weighted by Gasteiger charge is 2.17. The molecular weight excluding hydrogens is 284 g/mol. The number of nitrogens with zero attached hydrogens (tertiary/aromatic N) is 2. The lowest BCUT2D eigenvalue weighted by atomic mass is 10.1. The average molecular weight is 304 g/mol. The van der Waals surface area contributed by atoms with Crippen molar-refractivity contribution in [1.82, 2.24) is 10.3 Å². The van der Waals surface area contributed by atoms with Gasteiger partial charge in [-0.05, 0) is 18.9 Å². The van der Waals surface area contributed by atoms with Crippen LogP contribution >= 0.6 is 11.3 Å². The fourth-order valence-corrected chi connectivity index (χ4v) is 2.75. The maximum absolute atomic E-state index is 12.1. The smallest absolute Gasteiger partial charge is 0.265 e. The van der Waals surface area contributed by atoms with Gasteiger partial charge in [-0.3, -0.25) is 4.79 Å². The summed E-state index contributed by atoms with van der Waals surface area (Å²) < 4.78 is 0. The van der Waals surface area contributed by atoms with Crippen molar-refractivity contribution in [3.05, 3.63) is 40.8 Å². The molecule has 1 aromatic carbocycles. The first kappa shape index (κ1) is 15.3. The molecule has 0 saturated carbocycles. The number of amides is 1. The van der Waals surface area contributed by atoms with Crippen LogP contribution in [0, 0.1) is 0 Å². The molecule has 0 bridgehead atoms. The number of hydrogen-bond acceptors (Lipinski definition) is 5. The van der Waals surface area contributed by atoms with Crippen LogP contribution in [0.25, 0.3) is 0 Å². The largest absolute Gasteiger partial charge is 0.382 e. The van der Waals surface area contributed by atoms with Gasteiger partial charge in [0.25, 0.3) is 5.91 Å². The highest BCUT2D eigenvalue weighted by Crippen LogP contribution is 2.27. The Morgan fingerprint density at radius 1 is 1.38 bits per heavy atom. The Bertz CT molecular complexity index is 597. The normalized spacial score (nSPS) is 10.4. The zero-order valence-electron chi connectivity index (χ0n) is 12.3. The van der Waals surface area contributed by atoms with Crippen LogP contribution in [0.15, 0.2) is 30.3 Å². The summed E-state index contributed by atoms with van der Waals surface area (Å²) in [6.45, 7) is 3.43. The van der Waals surface area contributed by atoms with Crippen molar-refractivity contribution in [1.29, 1.82) is 0 Å². The van der Waals surface area contributed by atoms with Gasteiger partial charge in [0.05, 0.1) is 0 Å². The first-order valence-electron chi connectivity index (χ1n) is 6.91. The molecule has 2 aromatic rings. The minimum absolute atomic E-state index is 0.156. The molecule has 0 radical (unpaired) electrons. The molecule has 0 saturated heterocycles. The minimum atomic E-state index is -0.156. The standard InChI is InChI=1S/C15H20N4OS/c1-3-19(2)15-18-13(16)12(21-15)14(20)17-10-9-11-7-5-4-6-8-11/h4-8H,3,9-10,16H2,1-2H3,(H,17,20). The van der Waals surface area contributed by atoms with Gasteiger partial charge < -0.3 is 16.0 Å². The predicted molar refractivity (Wildman–Crippen MR) is 87.9 cm³/mol. The van der Waals surface area contributed by atoms with Crippen LogP contribution < -0.4 is 16.0 Å². The van der Waals surface area contributed by atoms with E-state index in [1.807, 2.05) is 49.2 Å². The summed E-state index contributed by atoms with van der Waals surface area (Å²) in [6.07, 6.45) is 0.799. The van der Waals surface area contributed by atoms with E-state index in [-0.39, 0.29) is 5.91 Å². The van der Waals surface area contributed by atoms with E-state index in [1.54, 1.807) is 0 Å². The number of carbonyl (C=O) groups excluding carboxylic acids is 1. The molecule has 0 aliphatic carbocycles. The summed E-state index contributed by atoms with van der Waals surface area (Å²) in [5, 5.41) is 3.66. The van der Waals surface area contributed by atoms with Gasteiger partial charge in [0.1, 0.15) is 10.7 Å². The van der Waals surface area contributed by atoms with Crippen molar-refractivity contribution < 1.29 is 4.79 Å². The Balaban J connectivity index is 1.93. The Hall–Kier alpha value is -2.08. The molecule has 0 aliphatic rings. The number of nitrogens with one attached hydrogen (secondary N) is 1. The van der Waals surface area contributed by atoms with Crippen molar-refractivity contribution in [3.8, 4) is 0 Å². The number of hydrogen-bond donors (Lipinski definition) is 2. The van der Waals surface area contributed by atoms with Gasteiger partial charge >= 0.3 is 0 Å². The SMILES string of the molecule is CCN(C)c1nc(N)c(C(=O)NCCc2ccccc2)s1. The molecule has 1 aromatic heterocycles. The molecule has 1 amide bonds. The monoisotopic (exact) mass is 304 g/mol. The number of aromatic nitrogens is 1. The van der Waals surface area contributed by atoms with Gasteiger partial charge in [-0.1, -0.05) is 41.7 Å². The lowest BCUT2D eigenvalue weighted by Gasteiger charge is -2.10. The lowest BCUT2D eigenvalue weighted by molar-refractivity contribution is 0.0959. The summed E-state index contributed by atoms with van der Waals surface area (Å²) in [4.78, 5) is 18.8. The third-order valence-electron chi connectivity index (χ3n) is 3.19. The molecule has 0 atom stereocenters. The summed E-state index contributed by atoms with van der Waals surface area (Å²) >= 11 is 1.32. The van der Waals surface area contributed by atoms with Crippen LogP contribution in [0.3, 0.4) is 0 Å². The van der Waals surface area contributed by atoms with E-state index in [9.17, 15) is 4.79 Å². The van der Waals surface area contributed by atoms with Crippen molar-refractivity contribution in [2.75, 3.05) is 30.8 Å². The molecule has 0 spiro atoms. The maximum Gasteiger partial charge on any atom is 0.265 e.